The number of thioether (sulfide) groups is 1. The standard InChI is InChI=1S/C14H22N2OS/c1-16(8-9-17)14-4-2-12(3-5-14)15-13-6-10-18-11-7-13/h2-5,13,15,17H,6-11H2,1H3. The Bertz CT molecular complexity index is 349. The number of likely N-dealkylation sites (N-methyl/N-ethyl adjacent to an activating group) is 1. The van der Waals surface area contributed by atoms with E-state index in [0.29, 0.717) is 12.6 Å². The van der Waals surface area contributed by atoms with E-state index in [1.807, 2.05) is 7.05 Å². The summed E-state index contributed by atoms with van der Waals surface area (Å²) in [6, 6.07) is 9.10. The summed E-state index contributed by atoms with van der Waals surface area (Å²) < 4.78 is 0. The number of hydrogen-bond donors (Lipinski definition) is 2. The Labute approximate surface area is 114 Å². The van der Waals surface area contributed by atoms with Crippen LogP contribution in [0.25, 0.3) is 0 Å². The van der Waals surface area contributed by atoms with Crippen molar-refractivity contribution < 1.29 is 5.11 Å². The van der Waals surface area contributed by atoms with Crippen LogP contribution in [-0.2, 0) is 0 Å². The molecule has 0 atom stereocenters. The van der Waals surface area contributed by atoms with E-state index in [2.05, 4.69) is 46.2 Å². The van der Waals surface area contributed by atoms with Gasteiger partial charge in [0.2, 0.25) is 0 Å². The molecule has 3 nitrogen and oxygen atoms in total. The minimum Gasteiger partial charge on any atom is -0.395 e. The third-order valence-corrected chi connectivity index (χ3v) is 4.38. The fraction of sp³-hybridized carbons (Fsp3) is 0.571. The van der Waals surface area contributed by atoms with Crippen molar-refractivity contribution in [1.82, 2.24) is 0 Å². The first-order chi connectivity index (χ1) is 8.79. The molecule has 1 aliphatic rings. The van der Waals surface area contributed by atoms with E-state index in [1.54, 1.807) is 0 Å². The van der Waals surface area contributed by atoms with Crippen molar-refractivity contribution in [2.45, 2.75) is 18.9 Å². The number of rotatable bonds is 5. The summed E-state index contributed by atoms with van der Waals surface area (Å²) >= 11 is 2.05. The van der Waals surface area contributed by atoms with Crippen molar-refractivity contribution in [3.05, 3.63) is 24.3 Å². The molecule has 18 heavy (non-hydrogen) atoms. The number of aliphatic hydroxyl groups excluding tert-OH is 1. The molecule has 2 rings (SSSR count). The van der Waals surface area contributed by atoms with Gasteiger partial charge in [-0.2, -0.15) is 11.8 Å². The summed E-state index contributed by atoms with van der Waals surface area (Å²) in [5.74, 6) is 2.55. The van der Waals surface area contributed by atoms with Gasteiger partial charge in [-0.3, -0.25) is 0 Å². The van der Waals surface area contributed by atoms with Crippen LogP contribution in [0.15, 0.2) is 24.3 Å². The highest BCUT2D eigenvalue weighted by molar-refractivity contribution is 7.99. The molecule has 1 heterocycles. The molecule has 0 amide bonds. The molecule has 0 saturated carbocycles. The molecule has 1 saturated heterocycles. The van der Waals surface area contributed by atoms with Gasteiger partial charge in [-0.15, -0.1) is 0 Å². The monoisotopic (exact) mass is 266 g/mol. The summed E-state index contributed by atoms with van der Waals surface area (Å²) in [6.07, 6.45) is 2.52. The Morgan fingerprint density at radius 2 is 1.94 bits per heavy atom. The highest BCUT2D eigenvalue weighted by Crippen LogP contribution is 2.22. The first kappa shape index (κ1) is 13.6. The quantitative estimate of drug-likeness (QED) is 0.858. The van der Waals surface area contributed by atoms with E-state index in [-0.39, 0.29) is 6.61 Å². The Morgan fingerprint density at radius 1 is 1.28 bits per heavy atom. The fourth-order valence-electron chi connectivity index (χ4n) is 2.17. The maximum absolute atomic E-state index is 8.91. The number of nitrogens with one attached hydrogen (secondary N) is 1. The predicted molar refractivity (Wildman–Crippen MR) is 80.8 cm³/mol. The first-order valence-corrected chi connectivity index (χ1v) is 7.71. The maximum Gasteiger partial charge on any atom is 0.0606 e. The van der Waals surface area contributed by atoms with Gasteiger partial charge >= 0.3 is 0 Å². The maximum atomic E-state index is 8.91. The summed E-state index contributed by atoms with van der Waals surface area (Å²) in [7, 11) is 2.00. The van der Waals surface area contributed by atoms with Crippen LogP contribution in [0, 0.1) is 0 Å². The number of anilines is 2. The lowest BCUT2D eigenvalue weighted by molar-refractivity contribution is 0.304. The lowest BCUT2D eigenvalue weighted by atomic mass is 10.1. The van der Waals surface area contributed by atoms with Crippen LogP contribution in [0.3, 0.4) is 0 Å². The minimum absolute atomic E-state index is 0.191. The van der Waals surface area contributed by atoms with Crippen molar-refractivity contribution in [3.63, 3.8) is 0 Å². The van der Waals surface area contributed by atoms with Gasteiger partial charge in [0.1, 0.15) is 0 Å². The van der Waals surface area contributed by atoms with Gasteiger partial charge in [-0.25, -0.2) is 0 Å². The lowest BCUT2D eigenvalue weighted by Gasteiger charge is -2.24. The third kappa shape index (κ3) is 3.82. The third-order valence-electron chi connectivity index (χ3n) is 3.34. The fourth-order valence-corrected chi connectivity index (χ4v) is 3.28. The van der Waals surface area contributed by atoms with Crippen LogP contribution in [0.5, 0.6) is 0 Å². The van der Waals surface area contributed by atoms with Gasteiger partial charge in [0, 0.05) is 31.0 Å². The average molecular weight is 266 g/mol. The van der Waals surface area contributed by atoms with Gasteiger partial charge in [0.25, 0.3) is 0 Å². The van der Waals surface area contributed by atoms with Crippen molar-refractivity contribution in [2.75, 3.05) is 41.9 Å². The zero-order chi connectivity index (χ0) is 12.8. The van der Waals surface area contributed by atoms with Crippen molar-refractivity contribution >= 4 is 23.1 Å². The van der Waals surface area contributed by atoms with E-state index in [9.17, 15) is 0 Å². The molecular formula is C14H22N2OS. The van der Waals surface area contributed by atoms with Gasteiger partial charge in [-0.1, -0.05) is 0 Å². The molecule has 2 N–H and O–H groups in total. The Morgan fingerprint density at radius 3 is 2.56 bits per heavy atom. The summed E-state index contributed by atoms with van der Waals surface area (Å²) in [5.41, 5.74) is 2.35. The van der Waals surface area contributed by atoms with Crippen LogP contribution >= 0.6 is 11.8 Å². The number of benzene rings is 1. The van der Waals surface area contributed by atoms with Crippen molar-refractivity contribution in [3.8, 4) is 0 Å². The average Bonchev–Trinajstić information content (AvgIpc) is 2.41. The van der Waals surface area contributed by atoms with Gasteiger partial charge in [-0.05, 0) is 48.6 Å². The molecule has 1 aromatic rings. The Kier molecular flexibility index (Phi) is 5.20. The number of hydrogen-bond acceptors (Lipinski definition) is 4. The molecule has 1 aromatic carbocycles. The van der Waals surface area contributed by atoms with Crippen LogP contribution in [0.2, 0.25) is 0 Å². The normalized spacial score (nSPS) is 16.6. The van der Waals surface area contributed by atoms with Gasteiger partial charge in [0.05, 0.1) is 6.61 Å². The molecule has 0 aliphatic carbocycles. The predicted octanol–water partition coefficient (Wildman–Crippen LogP) is 2.42. The lowest BCUT2D eigenvalue weighted by Crippen LogP contribution is -2.24. The molecule has 0 unspecified atom stereocenters. The summed E-state index contributed by atoms with van der Waals surface area (Å²) in [5, 5.41) is 12.5. The second kappa shape index (κ2) is 6.90. The minimum atomic E-state index is 0.191. The molecular weight excluding hydrogens is 244 g/mol. The molecule has 1 aliphatic heterocycles. The second-order valence-electron chi connectivity index (χ2n) is 4.72. The first-order valence-electron chi connectivity index (χ1n) is 6.56. The smallest absolute Gasteiger partial charge is 0.0606 e. The molecule has 0 spiro atoms. The van der Waals surface area contributed by atoms with E-state index in [4.69, 9.17) is 5.11 Å². The van der Waals surface area contributed by atoms with Crippen LogP contribution < -0.4 is 10.2 Å². The molecule has 0 aromatic heterocycles. The molecule has 0 radical (unpaired) electrons. The topological polar surface area (TPSA) is 35.5 Å². The largest absolute Gasteiger partial charge is 0.395 e. The van der Waals surface area contributed by atoms with E-state index in [0.717, 1.165) is 5.69 Å². The SMILES string of the molecule is CN(CCO)c1ccc(NC2CCSCC2)cc1. The molecule has 0 bridgehead atoms. The van der Waals surface area contributed by atoms with Gasteiger partial charge < -0.3 is 15.3 Å². The molecule has 4 heteroatoms. The van der Waals surface area contributed by atoms with Crippen LogP contribution in [-0.4, -0.2) is 42.9 Å². The second-order valence-corrected chi connectivity index (χ2v) is 5.95. The zero-order valence-corrected chi connectivity index (χ0v) is 11.7. The summed E-state index contributed by atoms with van der Waals surface area (Å²) in [6.45, 7) is 0.864. The summed E-state index contributed by atoms with van der Waals surface area (Å²) in [4.78, 5) is 2.06. The van der Waals surface area contributed by atoms with Crippen molar-refractivity contribution in [2.24, 2.45) is 0 Å². The number of aliphatic hydroxyl groups is 1. The Balaban J connectivity index is 1.90. The molecule has 1 fully saturated rings. The van der Waals surface area contributed by atoms with E-state index >= 15 is 0 Å². The van der Waals surface area contributed by atoms with Crippen LogP contribution in [0.1, 0.15) is 12.8 Å². The highest BCUT2D eigenvalue weighted by Gasteiger charge is 2.13. The van der Waals surface area contributed by atoms with Crippen molar-refractivity contribution in [1.29, 1.82) is 0 Å². The zero-order valence-electron chi connectivity index (χ0n) is 10.9. The van der Waals surface area contributed by atoms with Crippen LogP contribution in [0.4, 0.5) is 11.4 Å². The van der Waals surface area contributed by atoms with Gasteiger partial charge in [0.15, 0.2) is 0 Å². The highest BCUT2D eigenvalue weighted by atomic mass is 32.2. The van der Waals surface area contributed by atoms with E-state index < -0.39 is 0 Å². The molecule has 100 valence electrons. The Hall–Kier alpha value is -0.870. The number of nitrogens with zero attached hydrogens (tertiary/aromatic N) is 1. The van der Waals surface area contributed by atoms with E-state index in [1.165, 1.54) is 30.0 Å².